The summed E-state index contributed by atoms with van der Waals surface area (Å²) in [6.07, 6.45) is 0.458. The van der Waals surface area contributed by atoms with Crippen LogP contribution in [0.25, 0.3) is 0 Å². The third-order valence-electron chi connectivity index (χ3n) is 0.909. The third-order valence-corrected chi connectivity index (χ3v) is 0.909. The van der Waals surface area contributed by atoms with Crippen LogP contribution in [-0.2, 0) is 4.79 Å². The number of Topliss-reactive ketones (excluding diaryl/α,β-unsaturated/α-hetero) is 1. The van der Waals surface area contributed by atoms with E-state index in [4.69, 9.17) is 7.10 Å². The van der Waals surface area contributed by atoms with Gasteiger partial charge in [-0.25, -0.2) is 0 Å². The van der Waals surface area contributed by atoms with Crippen molar-refractivity contribution < 1.29 is 6.17 Å². The van der Waals surface area contributed by atoms with E-state index in [1.807, 2.05) is 0 Å². The Bertz CT molecular complexity index is 91.1. The first-order valence-electron chi connectivity index (χ1n) is 3.40. The van der Waals surface area contributed by atoms with Crippen LogP contribution in [0.2, 0.25) is 0 Å². The van der Waals surface area contributed by atoms with Crippen LogP contribution >= 0.6 is 0 Å². The summed E-state index contributed by atoms with van der Waals surface area (Å²) in [4.78, 5) is 10.4. The Balaban J connectivity index is 3.43. The maximum Gasteiger partial charge on any atom is 0.130 e. The van der Waals surface area contributed by atoms with Gasteiger partial charge >= 0.3 is 0 Å². The summed E-state index contributed by atoms with van der Waals surface area (Å²) < 4.78 is 6.92. The number of carbonyl (C=O) groups is 1. The molecule has 0 aromatic heterocycles. The van der Waals surface area contributed by atoms with Crippen LogP contribution in [0.4, 0.5) is 0 Å². The molecular weight excluding hydrogens is 102 g/mol. The highest BCUT2D eigenvalue weighted by Gasteiger charge is 2.00. The summed E-state index contributed by atoms with van der Waals surface area (Å²) in [5.74, 6) is 0.195. The van der Waals surface area contributed by atoms with Gasteiger partial charge in [0, 0.05) is 7.79 Å². The number of hydrogen-bond acceptors (Lipinski definition) is 2. The van der Waals surface area contributed by atoms with Crippen molar-refractivity contribution in [1.82, 2.24) is 0 Å². The van der Waals surface area contributed by atoms with E-state index in [2.05, 4.69) is 0 Å². The molecule has 0 fully saturated rings. The third kappa shape index (κ3) is 3.81. The lowest BCUT2D eigenvalue weighted by Gasteiger charge is -2.02. The van der Waals surface area contributed by atoms with E-state index >= 15 is 0 Å². The molecule has 0 aliphatic rings. The molecule has 1 atom stereocenters. The van der Waals surface area contributed by atoms with Gasteiger partial charge in [-0.1, -0.05) is 6.90 Å². The molecule has 0 aromatic carbocycles. The summed E-state index contributed by atoms with van der Waals surface area (Å²) in [5, 5.41) is 0. The second-order valence-electron chi connectivity index (χ2n) is 2.01. The molecule has 0 amide bonds. The summed E-state index contributed by atoms with van der Waals surface area (Å²) >= 11 is 0. The fourth-order valence-corrected chi connectivity index (χ4v) is 0.490. The van der Waals surface area contributed by atoms with Gasteiger partial charge in [0.1, 0.15) is 5.78 Å². The topological polar surface area (TPSA) is 43.1 Å². The maximum absolute atomic E-state index is 10.4. The average Bonchev–Trinajstić information content (AvgIpc) is 1.82. The van der Waals surface area contributed by atoms with Crippen molar-refractivity contribution in [2.75, 3.05) is 6.54 Å². The summed E-state index contributed by atoms with van der Waals surface area (Å²) in [6, 6.07) is 0. The highest BCUT2D eigenvalue weighted by Crippen LogP contribution is 1.97. The first kappa shape index (κ1) is 5.76. The maximum atomic E-state index is 10.4. The van der Waals surface area contributed by atoms with E-state index in [9.17, 15) is 4.79 Å². The molecule has 0 bridgehead atoms. The molecule has 0 aliphatic heterocycles. The Hall–Kier alpha value is -0.370. The molecule has 0 saturated carbocycles. The van der Waals surface area contributed by atoms with Gasteiger partial charge in [-0.05, 0) is 19.4 Å². The highest BCUT2D eigenvalue weighted by molar-refractivity contribution is 5.75. The van der Waals surface area contributed by atoms with Crippen molar-refractivity contribution in [3.8, 4) is 0 Å². The average molecular weight is 116 g/mol. The standard InChI is InChI=1S/C6H13NO/c1-5(4-7)3-6(2)8/h5H,3-4,7H2,1-2H3/i1D. The van der Waals surface area contributed by atoms with Gasteiger partial charge in [-0.15, -0.1) is 0 Å². The first-order chi connectivity index (χ1) is 4.20. The minimum absolute atomic E-state index is 0.0718. The van der Waals surface area contributed by atoms with Crippen LogP contribution in [0.15, 0.2) is 0 Å². The van der Waals surface area contributed by atoms with E-state index in [0.717, 1.165) is 0 Å². The van der Waals surface area contributed by atoms with E-state index in [1.165, 1.54) is 6.92 Å². The fourth-order valence-electron chi connectivity index (χ4n) is 0.490. The number of carbonyl (C=O) groups excluding carboxylic acids is 1. The van der Waals surface area contributed by atoms with Crippen LogP contribution in [0.5, 0.6) is 0 Å². The molecule has 0 radical (unpaired) electrons. The quantitative estimate of drug-likeness (QED) is 0.585. The van der Waals surface area contributed by atoms with Gasteiger partial charge in [-0.3, -0.25) is 0 Å². The molecule has 1 unspecified atom stereocenters. The minimum atomic E-state index is 0.0718. The largest absolute Gasteiger partial charge is 0.330 e. The predicted octanol–water partition coefficient (Wildman–Crippen LogP) is 0.560. The number of nitrogens with two attached hydrogens (primary N) is 1. The Labute approximate surface area is 51.5 Å². The van der Waals surface area contributed by atoms with Gasteiger partial charge in [0.2, 0.25) is 0 Å². The van der Waals surface area contributed by atoms with Crippen molar-refractivity contribution in [3.63, 3.8) is 0 Å². The van der Waals surface area contributed by atoms with Gasteiger partial charge < -0.3 is 10.5 Å². The Morgan fingerprint density at radius 2 is 2.62 bits per heavy atom. The molecule has 0 aromatic rings. The normalized spacial score (nSPS) is 15.0. The van der Waals surface area contributed by atoms with Crippen molar-refractivity contribution in [3.05, 3.63) is 0 Å². The summed E-state index contributed by atoms with van der Waals surface area (Å²) in [7, 11) is 0. The smallest absolute Gasteiger partial charge is 0.130 e. The van der Waals surface area contributed by atoms with Crippen molar-refractivity contribution in [2.45, 2.75) is 20.2 Å². The lowest BCUT2D eigenvalue weighted by molar-refractivity contribution is -0.117. The molecule has 8 heavy (non-hydrogen) atoms. The number of rotatable bonds is 3. The van der Waals surface area contributed by atoms with Crippen molar-refractivity contribution in [2.24, 2.45) is 11.7 Å². The molecule has 0 aliphatic carbocycles. The molecular formula is C6H13NO. The lowest BCUT2D eigenvalue weighted by Crippen LogP contribution is -2.13. The first-order valence-corrected chi connectivity index (χ1v) is 2.69. The van der Waals surface area contributed by atoms with E-state index in [0.29, 0.717) is 13.0 Å². The van der Waals surface area contributed by atoms with Gasteiger partial charge in [0.15, 0.2) is 0 Å². The zero-order chi connectivity index (χ0) is 7.28. The van der Waals surface area contributed by atoms with Crippen LogP contribution in [0, 0.1) is 5.92 Å². The number of hydrogen-bond donors (Lipinski definition) is 1. The van der Waals surface area contributed by atoms with E-state index < -0.39 is 0 Å². The second-order valence-corrected chi connectivity index (χ2v) is 2.01. The number of ketones is 1. The SMILES string of the molecule is [2H]CC(CN)CC(C)=O. The van der Waals surface area contributed by atoms with Crippen LogP contribution < -0.4 is 5.73 Å². The molecule has 0 spiro atoms. The van der Waals surface area contributed by atoms with Crippen molar-refractivity contribution >= 4 is 5.78 Å². The molecule has 0 rings (SSSR count). The zero-order valence-electron chi connectivity index (χ0n) is 6.18. The lowest BCUT2D eigenvalue weighted by atomic mass is 10.1. The highest BCUT2D eigenvalue weighted by atomic mass is 16.1. The zero-order valence-corrected chi connectivity index (χ0v) is 5.18. The summed E-state index contributed by atoms with van der Waals surface area (Å²) in [5.41, 5.74) is 5.26. The van der Waals surface area contributed by atoms with E-state index in [1.54, 1.807) is 0 Å². The van der Waals surface area contributed by atoms with Crippen LogP contribution in [0.3, 0.4) is 0 Å². The van der Waals surface area contributed by atoms with Crippen molar-refractivity contribution in [1.29, 1.82) is 0 Å². The Kier molecular flexibility index (Phi) is 2.60. The van der Waals surface area contributed by atoms with Gasteiger partial charge in [0.25, 0.3) is 0 Å². The molecule has 2 nitrogen and oxygen atoms in total. The Morgan fingerprint density at radius 1 is 2.00 bits per heavy atom. The van der Waals surface area contributed by atoms with Gasteiger partial charge in [0.05, 0.1) is 0 Å². The van der Waals surface area contributed by atoms with Gasteiger partial charge in [-0.2, -0.15) is 0 Å². The molecule has 2 heteroatoms. The molecule has 48 valence electrons. The van der Waals surface area contributed by atoms with E-state index in [-0.39, 0.29) is 18.6 Å². The van der Waals surface area contributed by atoms with Crippen LogP contribution in [0.1, 0.15) is 21.6 Å². The monoisotopic (exact) mass is 116 g/mol. The fraction of sp³-hybridized carbons (Fsp3) is 0.833. The Morgan fingerprint density at radius 3 is 2.75 bits per heavy atom. The summed E-state index contributed by atoms with van der Waals surface area (Å²) in [6.45, 7) is 2.23. The molecule has 0 saturated heterocycles. The molecule has 2 N–H and O–H groups in total. The van der Waals surface area contributed by atoms with Crippen LogP contribution in [-0.4, -0.2) is 12.3 Å². The predicted molar refractivity (Wildman–Crippen MR) is 33.5 cm³/mol. The minimum Gasteiger partial charge on any atom is -0.330 e. The second kappa shape index (κ2) is 3.61. The molecule has 0 heterocycles.